The van der Waals surface area contributed by atoms with E-state index >= 15 is 0 Å². The van der Waals surface area contributed by atoms with E-state index in [4.69, 9.17) is 17.0 Å². The number of ketones is 1. The molecule has 29 heavy (non-hydrogen) atoms. The molecule has 2 rings (SSSR count). The van der Waals surface area contributed by atoms with Crippen LogP contribution < -0.4 is 5.32 Å². The van der Waals surface area contributed by atoms with Crippen molar-refractivity contribution in [3.8, 4) is 5.88 Å². The molecule has 1 heterocycles. The minimum absolute atomic E-state index is 0.0819. The molecule has 10 heteroatoms. The third-order valence-corrected chi connectivity index (χ3v) is 5.88. The highest BCUT2D eigenvalue weighted by Crippen LogP contribution is 2.29. The van der Waals surface area contributed by atoms with Crippen LogP contribution in [0, 0.1) is 19.3 Å². The van der Waals surface area contributed by atoms with Gasteiger partial charge in [0, 0.05) is 37.3 Å². The van der Waals surface area contributed by atoms with Gasteiger partial charge in [0.25, 0.3) is 0 Å². The van der Waals surface area contributed by atoms with Crippen molar-refractivity contribution in [2.24, 2.45) is 0 Å². The van der Waals surface area contributed by atoms with Gasteiger partial charge in [-0.2, -0.15) is 5.10 Å². The highest BCUT2D eigenvalue weighted by molar-refractivity contribution is 7.90. The summed E-state index contributed by atoms with van der Waals surface area (Å²) in [5.41, 5.74) is 1.62. The van der Waals surface area contributed by atoms with Crippen molar-refractivity contribution in [2.45, 2.75) is 38.8 Å². The lowest BCUT2D eigenvalue weighted by Crippen LogP contribution is -2.15. The number of benzene rings is 1. The van der Waals surface area contributed by atoms with Gasteiger partial charge in [-0.25, -0.2) is 13.1 Å². The lowest BCUT2D eigenvalue weighted by molar-refractivity contribution is 0.103. The molecule has 0 radical (unpaired) electrons. The first kappa shape index (κ1) is 22.6. The first-order valence-electron chi connectivity index (χ1n) is 8.76. The van der Waals surface area contributed by atoms with Crippen LogP contribution in [0.25, 0.3) is 0 Å². The van der Waals surface area contributed by atoms with Gasteiger partial charge < -0.3 is 15.8 Å². The number of aromatic nitrogens is 2. The average Bonchev–Trinajstić information content (AvgIpc) is 2.94. The number of carbonyl (C=O) groups is 1. The molecule has 0 amide bonds. The minimum Gasteiger partial charge on any atom is -0.493 e. The van der Waals surface area contributed by atoms with E-state index in [0.717, 1.165) is 12.5 Å². The summed E-state index contributed by atoms with van der Waals surface area (Å²) in [6, 6.07) is 2.82. The molecule has 0 atom stereocenters. The van der Waals surface area contributed by atoms with Crippen molar-refractivity contribution >= 4 is 33.4 Å². The third-order valence-electron chi connectivity index (χ3n) is 4.48. The molecule has 0 saturated carbocycles. The van der Waals surface area contributed by atoms with Gasteiger partial charge in [0.15, 0.2) is 9.84 Å². The zero-order valence-corrected chi connectivity index (χ0v) is 18.1. The van der Waals surface area contributed by atoms with Crippen LogP contribution in [0.4, 0.5) is 0 Å². The number of hydrogen-bond acceptors (Lipinski definition) is 7. The zero-order valence-electron chi connectivity index (χ0n) is 16.6. The van der Waals surface area contributed by atoms with Crippen LogP contribution in [0.3, 0.4) is 0 Å². The Morgan fingerprint density at radius 1 is 1.38 bits per heavy atom. The van der Waals surface area contributed by atoms with Gasteiger partial charge in [-0.3, -0.25) is 4.79 Å². The molecule has 1 aromatic carbocycles. The number of halogens is 1. The van der Waals surface area contributed by atoms with Crippen molar-refractivity contribution in [3.63, 3.8) is 0 Å². The molecule has 0 fully saturated rings. The fourth-order valence-corrected chi connectivity index (χ4v) is 4.09. The summed E-state index contributed by atoms with van der Waals surface area (Å²) < 4.78 is 25.8. The van der Waals surface area contributed by atoms with Crippen LogP contribution in [-0.2, 0) is 22.9 Å². The highest BCUT2D eigenvalue weighted by atomic mass is 35.5. The van der Waals surface area contributed by atoms with Crippen LogP contribution in [0.5, 0.6) is 5.88 Å². The second kappa shape index (κ2) is 8.79. The number of carbonyl (C=O) groups excluding carboxylic acids is 1. The van der Waals surface area contributed by atoms with Gasteiger partial charge in [0.05, 0.1) is 15.6 Å². The molecule has 2 aromatic rings. The summed E-state index contributed by atoms with van der Waals surface area (Å²) in [6.45, 7) is 5.56. The monoisotopic (exact) mass is 438 g/mol. The van der Waals surface area contributed by atoms with Gasteiger partial charge in [-0.1, -0.05) is 11.6 Å². The fraction of sp³-hybridized carbons (Fsp3) is 0.316. The molecule has 0 unspecified atom stereocenters. The molecule has 0 saturated heterocycles. The van der Waals surface area contributed by atoms with Gasteiger partial charge >= 0.3 is 0 Å². The maximum atomic E-state index is 13.1. The summed E-state index contributed by atoms with van der Waals surface area (Å²) in [5.74, 6) is -0.659. The van der Waals surface area contributed by atoms with Crippen molar-refractivity contribution in [2.75, 3.05) is 6.26 Å². The van der Waals surface area contributed by atoms with Gasteiger partial charge in [-0.05, 0) is 44.0 Å². The van der Waals surface area contributed by atoms with Gasteiger partial charge in [0.1, 0.15) is 5.56 Å². The summed E-state index contributed by atoms with van der Waals surface area (Å²) in [5, 5.41) is 24.6. The van der Waals surface area contributed by atoms with Crippen LogP contribution in [0.1, 0.15) is 39.7 Å². The third kappa shape index (κ3) is 4.68. The Bertz CT molecular complexity index is 1100. The number of aromatic hydroxyl groups is 1. The van der Waals surface area contributed by atoms with E-state index in [2.05, 4.69) is 10.4 Å². The van der Waals surface area contributed by atoms with E-state index in [-0.39, 0.29) is 33.5 Å². The summed E-state index contributed by atoms with van der Waals surface area (Å²) in [6.07, 6.45) is 3.40. The maximum Gasteiger partial charge on any atom is 0.221 e. The van der Waals surface area contributed by atoms with Crippen LogP contribution >= 0.6 is 11.6 Å². The zero-order chi connectivity index (χ0) is 21.9. The Hall–Kier alpha value is -2.65. The lowest BCUT2D eigenvalue weighted by atomic mass is 9.95. The molecule has 3 N–H and O–H groups in total. The molecule has 0 aliphatic heterocycles. The van der Waals surface area contributed by atoms with E-state index in [1.165, 1.54) is 23.0 Å². The first-order chi connectivity index (χ1) is 13.5. The molecule has 0 bridgehead atoms. The SMILES string of the molecule is CCn1nc(C)c(C(=O)c2ccc(S(C)(=O)=O)c(CN/C=C(/Cl)C=N)c2C)c1O. The summed E-state index contributed by atoms with van der Waals surface area (Å²) >= 11 is 5.76. The number of aryl methyl sites for hydroxylation is 2. The molecule has 0 aliphatic carbocycles. The summed E-state index contributed by atoms with van der Waals surface area (Å²) in [4.78, 5) is 13.2. The number of allylic oxidation sites excluding steroid dienone is 1. The first-order valence-corrected chi connectivity index (χ1v) is 11.0. The Morgan fingerprint density at radius 2 is 2.03 bits per heavy atom. The van der Waals surface area contributed by atoms with Crippen LogP contribution in [0.2, 0.25) is 0 Å². The van der Waals surface area contributed by atoms with E-state index in [0.29, 0.717) is 23.4 Å². The molecule has 8 nitrogen and oxygen atoms in total. The van der Waals surface area contributed by atoms with Crippen molar-refractivity contribution in [3.05, 3.63) is 51.3 Å². The Morgan fingerprint density at radius 3 is 2.55 bits per heavy atom. The van der Waals surface area contributed by atoms with E-state index < -0.39 is 15.6 Å². The highest BCUT2D eigenvalue weighted by Gasteiger charge is 2.26. The smallest absolute Gasteiger partial charge is 0.221 e. The molecule has 0 aliphatic rings. The quantitative estimate of drug-likeness (QED) is 0.429. The van der Waals surface area contributed by atoms with E-state index in [1.54, 1.807) is 20.8 Å². The second-order valence-electron chi connectivity index (χ2n) is 6.47. The number of hydrogen-bond donors (Lipinski definition) is 3. The van der Waals surface area contributed by atoms with Crippen molar-refractivity contribution in [1.29, 1.82) is 5.41 Å². The van der Waals surface area contributed by atoms with E-state index in [1.807, 2.05) is 0 Å². The maximum absolute atomic E-state index is 13.1. The van der Waals surface area contributed by atoms with Gasteiger partial charge in [-0.15, -0.1) is 0 Å². The fourth-order valence-electron chi connectivity index (χ4n) is 3.03. The standard InChI is InChI=1S/C19H23ClN4O4S/c1-5-24-19(26)17(12(3)23-24)18(25)14-6-7-16(29(4,27)28)15(11(14)2)10-22-9-13(20)8-21/h6-9,21-22,26H,5,10H2,1-4H3/b13-9+,21-8?. The number of sulfone groups is 1. The topological polar surface area (TPSA) is 125 Å². The molecule has 0 spiro atoms. The van der Waals surface area contributed by atoms with Crippen molar-refractivity contribution < 1.29 is 18.3 Å². The predicted molar refractivity (Wildman–Crippen MR) is 112 cm³/mol. The van der Waals surface area contributed by atoms with E-state index in [9.17, 15) is 18.3 Å². The normalized spacial score (nSPS) is 12.1. The molecule has 156 valence electrons. The molecular weight excluding hydrogens is 416 g/mol. The summed E-state index contributed by atoms with van der Waals surface area (Å²) in [7, 11) is -3.55. The van der Waals surface area contributed by atoms with Crippen LogP contribution in [-0.4, -0.2) is 41.6 Å². The van der Waals surface area contributed by atoms with Crippen molar-refractivity contribution in [1.82, 2.24) is 15.1 Å². The predicted octanol–water partition coefficient (Wildman–Crippen LogP) is 2.68. The largest absolute Gasteiger partial charge is 0.493 e. The lowest BCUT2D eigenvalue weighted by Gasteiger charge is -2.15. The Kier molecular flexibility index (Phi) is 6.86. The number of nitrogens with one attached hydrogen (secondary N) is 2. The average molecular weight is 439 g/mol. The molecular formula is C19H23ClN4O4S. The van der Waals surface area contributed by atoms with Crippen LogP contribution in [0.15, 0.2) is 28.3 Å². The minimum atomic E-state index is -3.55. The molecule has 1 aromatic heterocycles. The van der Waals surface area contributed by atoms with Gasteiger partial charge in [0.2, 0.25) is 11.7 Å². The Balaban J connectivity index is 2.60. The number of nitrogens with zero attached hydrogens (tertiary/aromatic N) is 2. The Labute approximate surface area is 174 Å². The second-order valence-corrected chi connectivity index (χ2v) is 8.89. The number of rotatable bonds is 8.